The van der Waals surface area contributed by atoms with Crippen molar-refractivity contribution in [2.45, 2.75) is 52.1 Å². The van der Waals surface area contributed by atoms with E-state index in [1.165, 1.54) is 12.4 Å². The molecule has 1 aliphatic rings. The Hall–Kier alpha value is -1.56. The van der Waals surface area contributed by atoms with E-state index in [1.54, 1.807) is 4.90 Å². The number of hydrogen-bond acceptors (Lipinski definition) is 4. The molecule has 1 unspecified atom stereocenters. The first-order valence-corrected chi connectivity index (χ1v) is 7.78. The minimum absolute atomic E-state index is 0.0708. The van der Waals surface area contributed by atoms with E-state index in [4.69, 9.17) is 11.6 Å². The van der Waals surface area contributed by atoms with E-state index in [-0.39, 0.29) is 11.5 Å². The van der Waals surface area contributed by atoms with Crippen LogP contribution in [0.15, 0.2) is 12.4 Å². The van der Waals surface area contributed by atoms with Gasteiger partial charge in [-0.2, -0.15) is 0 Å². The number of halogens is 1. The van der Waals surface area contributed by atoms with Gasteiger partial charge in [-0.1, -0.05) is 32.4 Å². The van der Waals surface area contributed by atoms with Gasteiger partial charge in [-0.25, -0.2) is 14.8 Å². The van der Waals surface area contributed by atoms with Crippen LogP contribution in [0.1, 0.15) is 40.5 Å². The maximum atomic E-state index is 11.7. The van der Waals surface area contributed by atoms with E-state index >= 15 is 0 Å². The van der Waals surface area contributed by atoms with Crippen LogP contribution in [0.2, 0.25) is 5.02 Å². The number of anilines is 1. The molecule has 2 atom stereocenters. The third-order valence-corrected chi connectivity index (χ3v) is 4.98. The summed E-state index contributed by atoms with van der Waals surface area (Å²) in [5, 5.41) is 13.4. The summed E-state index contributed by atoms with van der Waals surface area (Å²) in [4.78, 5) is 21.6. The summed E-state index contributed by atoms with van der Waals surface area (Å²) in [5.41, 5.74) is -0.810. The highest BCUT2D eigenvalue weighted by Gasteiger charge is 2.52. The van der Waals surface area contributed by atoms with E-state index in [0.29, 0.717) is 17.5 Å². The molecule has 0 aromatic carbocycles. The van der Waals surface area contributed by atoms with Gasteiger partial charge in [0.1, 0.15) is 0 Å². The Morgan fingerprint density at radius 1 is 1.45 bits per heavy atom. The fourth-order valence-corrected chi connectivity index (χ4v) is 3.23. The van der Waals surface area contributed by atoms with Crippen LogP contribution >= 0.6 is 11.6 Å². The number of nitrogens with zero attached hydrogens (tertiary/aromatic N) is 3. The smallest absolute Gasteiger partial charge is 0.407 e. The summed E-state index contributed by atoms with van der Waals surface area (Å²) >= 11 is 5.81. The molecule has 0 spiro atoms. The van der Waals surface area contributed by atoms with Gasteiger partial charge in [0.25, 0.3) is 0 Å². The molecule has 22 heavy (non-hydrogen) atoms. The van der Waals surface area contributed by atoms with Gasteiger partial charge in [-0.05, 0) is 25.2 Å². The Kier molecular flexibility index (Phi) is 4.52. The third-order valence-electron chi connectivity index (χ3n) is 4.79. The van der Waals surface area contributed by atoms with Crippen LogP contribution in [0, 0.1) is 5.41 Å². The molecule has 1 amide bonds. The van der Waals surface area contributed by atoms with Gasteiger partial charge in [0, 0.05) is 6.54 Å². The average molecular weight is 327 g/mol. The molecule has 1 aromatic rings. The zero-order chi connectivity index (χ0) is 16.5. The second-order valence-corrected chi connectivity index (χ2v) is 7.33. The molecule has 0 aliphatic carbocycles. The van der Waals surface area contributed by atoms with Crippen molar-refractivity contribution < 1.29 is 9.90 Å². The molecule has 2 N–H and O–H groups in total. The summed E-state index contributed by atoms with van der Waals surface area (Å²) in [6.07, 6.45) is 3.85. The number of nitrogens with one attached hydrogen (secondary N) is 1. The zero-order valence-corrected chi connectivity index (χ0v) is 14.2. The van der Waals surface area contributed by atoms with Gasteiger partial charge in [-0.15, -0.1) is 0 Å². The van der Waals surface area contributed by atoms with Crippen molar-refractivity contribution in [1.29, 1.82) is 0 Å². The quantitative estimate of drug-likeness (QED) is 0.869. The van der Waals surface area contributed by atoms with Crippen molar-refractivity contribution in [3.8, 4) is 0 Å². The number of carboxylic acid groups (broad SMARTS) is 1. The predicted molar refractivity (Wildman–Crippen MR) is 86.3 cm³/mol. The molecular weight excluding hydrogens is 304 g/mol. The van der Waals surface area contributed by atoms with E-state index < -0.39 is 11.6 Å². The molecule has 0 saturated carbocycles. The van der Waals surface area contributed by atoms with Crippen molar-refractivity contribution in [2.24, 2.45) is 5.41 Å². The van der Waals surface area contributed by atoms with Gasteiger partial charge in [-0.3, -0.25) is 0 Å². The molecule has 7 heteroatoms. The van der Waals surface area contributed by atoms with Crippen LogP contribution < -0.4 is 5.32 Å². The van der Waals surface area contributed by atoms with Crippen molar-refractivity contribution >= 4 is 23.6 Å². The first kappa shape index (κ1) is 16.8. The maximum absolute atomic E-state index is 11.7. The lowest BCUT2D eigenvalue weighted by Crippen LogP contribution is -2.68. The summed E-state index contributed by atoms with van der Waals surface area (Å²) in [7, 11) is 0. The second kappa shape index (κ2) is 5.91. The number of likely N-dealkylation sites (tertiary alicyclic amines) is 1. The standard InChI is InChI=1S/C15H23ClN4O2/c1-14(2,3)15(4)11(6-5-7-20(15)13(21)22)19-12-17-8-10(16)9-18-12/h8-9,11H,5-7H2,1-4H3,(H,21,22)(H,17,18,19)/t11?,15-/m1/s1. The number of piperidine rings is 1. The summed E-state index contributed by atoms with van der Waals surface area (Å²) in [6.45, 7) is 8.72. The molecule has 6 nitrogen and oxygen atoms in total. The summed E-state index contributed by atoms with van der Waals surface area (Å²) < 4.78 is 0. The van der Waals surface area contributed by atoms with E-state index in [2.05, 4.69) is 36.1 Å². The largest absolute Gasteiger partial charge is 0.465 e. The molecule has 1 aliphatic heterocycles. The number of carbonyl (C=O) groups is 1. The van der Waals surface area contributed by atoms with Crippen molar-refractivity contribution in [3.05, 3.63) is 17.4 Å². The fourth-order valence-electron chi connectivity index (χ4n) is 3.13. The topological polar surface area (TPSA) is 78.4 Å². The van der Waals surface area contributed by atoms with E-state index in [0.717, 1.165) is 12.8 Å². The molecule has 122 valence electrons. The monoisotopic (exact) mass is 326 g/mol. The molecule has 1 saturated heterocycles. The van der Waals surface area contributed by atoms with Gasteiger partial charge in [0.2, 0.25) is 5.95 Å². The van der Waals surface area contributed by atoms with Crippen molar-refractivity contribution in [1.82, 2.24) is 14.9 Å². The molecule has 2 rings (SSSR count). The minimum atomic E-state index is -0.888. The first-order valence-electron chi connectivity index (χ1n) is 7.41. The number of rotatable bonds is 2. The number of hydrogen-bond donors (Lipinski definition) is 2. The minimum Gasteiger partial charge on any atom is -0.465 e. The molecule has 0 radical (unpaired) electrons. The normalized spacial score (nSPS) is 25.9. The Morgan fingerprint density at radius 3 is 2.55 bits per heavy atom. The third kappa shape index (κ3) is 2.97. The van der Waals surface area contributed by atoms with E-state index in [9.17, 15) is 9.90 Å². The molecule has 0 bridgehead atoms. The lowest BCUT2D eigenvalue weighted by molar-refractivity contribution is -0.0204. The first-order chi connectivity index (χ1) is 10.2. The molecule has 1 fully saturated rings. The predicted octanol–water partition coefficient (Wildman–Crippen LogP) is 3.49. The van der Waals surface area contributed by atoms with Gasteiger partial charge < -0.3 is 15.3 Å². The van der Waals surface area contributed by atoms with Crippen LogP contribution in [0.4, 0.5) is 10.7 Å². The lowest BCUT2D eigenvalue weighted by atomic mass is 9.66. The Balaban J connectivity index is 2.34. The zero-order valence-electron chi connectivity index (χ0n) is 13.4. The maximum Gasteiger partial charge on any atom is 0.407 e. The van der Waals surface area contributed by atoms with Crippen LogP contribution in [0.3, 0.4) is 0 Å². The average Bonchev–Trinajstić information content (AvgIpc) is 2.42. The second-order valence-electron chi connectivity index (χ2n) is 6.90. The van der Waals surface area contributed by atoms with Crippen molar-refractivity contribution in [2.75, 3.05) is 11.9 Å². The Bertz CT molecular complexity index is 543. The van der Waals surface area contributed by atoms with E-state index in [1.807, 2.05) is 6.92 Å². The number of amides is 1. The Morgan fingerprint density at radius 2 is 2.05 bits per heavy atom. The molecule has 2 heterocycles. The van der Waals surface area contributed by atoms with Gasteiger partial charge >= 0.3 is 6.09 Å². The van der Waals surface area contributed by atoms with Crippen LogP contribution in [-0.4, -0.2) is 44.2 Å². The number of aromatic nitrogens is 2. The van der Waals surface area contributed by atoms with Crippen molar-refractivity contribution in [3.63, 3.8) is 0 Å². The van der Waals surface area contributed by atoms with Crippen LogP contribution in [0.25, 0.3) is 0 Å². The highest BCUT2D eigenvalue weighted by atomic mass is 35.5. The summed E-state index contributed by atoms with van der Waals surface area (Å²) in [5.74, 6) is 0.470. The SMILES string of the molecule is CC(C)(C)[C@@]1(C)C(Nc2ncc(Cl)cn2)CCCN1C(=O)O. The van der Waals surface area contributed by atoms with Crippen LogP contribution in [-0.2, 0) is 0 Å². The van der Waals surface area contributed by atoms with Gasteiger partial charge in [0.15, 0.2) is 0 Å². The molecular formula is C15H23ClN4O2. The lowest BCUT2D eigenvalue weighted by Gasteiger charge is -2.55. The summed E-state index contributed by atoms with van der Waals surface area (Å²) in [6, 6.07) is -0.0708. The highest BCUT2D eigenvalue weighted by Crippen LogP contribution is 2.43. The Labute approximate surface area is 135 Å². The van der Waals surface area contributed by atoms with Crippen LogP contribution in [0.5, 0.6) is 0 Å². The van der Waals surface area contributed by atoms with Gasteiger partial charge in [0.05, 0.1) is 29.0 Å². The molecule has 1 aromatic heterocycles. The highest BCUT2D eigenvalue weighted by molar-refractivity contribution is 6.30. The fraction of sp³-hybridized carbons (Fsp3) is 0.667.